The largest absolute Gasteiger partial charge is 0.498 e. The number of ether oxygens (including phenoxy) is 1. The van der Waals surface area contributed by atoms with E-state index in [1.54, 1.807) is 4.90 Å². The van der Waals surface area contributed by atoms with E-state index in [0.29, 0.717) is 26.1 Å². The van der Waals surface area contributed by atoms with Gasteiger partial charge in [0.1, 0.15) is 13.2 Å². The van der Waals surface area contributed by atoms with Crippen LogP contribution >= 0.6 is 0 Å². The van der Waals surface area contributed by atoms with Crippen LogP contribution in [0.5, 0.6) is 0 Å². The monoisotopic (exact) mass is 348 g/mol. The smallest absolute Gasteiger partial charge is 0.410 e. The van der Waals surface area contributed by atoms with Crippen LogP contribution in [0, 0.1) is 0 Å². The zero-order chi connectivity index (χ0) is 18.7. The second-order valence-electron chi connectivity index (χ2n) is 7.69. The third kappa shape index (κ3) is 3.95. The van der Waals surface area contributed by atoms with Crippen LogP contribution in [0.15, 0.2) is 30.3 Å². The maximum Gasteiger partial charge on any atom is 0.410 e. The Morgan fingerprint density at radius 3 is 2.44 bits per heavy atom. The topological polar surface area (TPSA) is 69.7 Å². The van der Waals surface area contributed by atoms with Gasteiger partial charge < -0.3 is 19.5 Å². The summed E-state index contributed by atoms with van der Waals surface area (Å²) in [6.45, 7) is 8.98. The van der Waals surface area contributed by atoms with E-state index in [2.05, 4.69) is 0 Å². The number of nitrogens with zero attached hydrogens (tertiary/aromatic N) is 2. The van der Waals surface area contributed by atoms with Crippen molar-refractivity contribution in [1.82, 2.24) is 4.90 Å². The molecule has 1 aliphatic heterocycles. The third-order valence-corrected chi connectivity index (χ3v) is 5.28. The molecule has 1 fully saturated rings. The van der Waals surface area contributed by atoms with Crippen molar-refractivity contribution in [3.8, 4) is 0 Å². The van der Waals surface area contributed by atoms with Crippen molar-refractivity contribution in [2.24, 2.45) is 0 Å². The molecule has 1 aliphatic rings. The van der Waals surface area contributed by atoms with E-state index in [-0.39, 0.29) is 17.1 Å². The SMILES string of the molecule is C[C@@H]1CCN(C(=O)OCc2ccccc2)CC[N+]1(C(=O)[O-])C(C)(C)C. The highest BCUT2D eigenvalue weighted by Gasteiger charge is 2.48. The van der Waals surface area contributed by atoms with Crippen LogP contribution in [0.1, 0.15) is 39.7 Å². The first kappa shape index (κ1) is 19.2. The van der Waals surface area contributed by atoms with Gasteiger partial charge in [0.15, 0.2) is 0 Å². The molecular weight excluding hydrogens is 320 g/mol. The Balaban J connectivity index is 2.06. The summed E-state index contributed by atoms with van der Waals surface area (Å²) < 4.78 is 5.23. The predicted octanol–water partition coefficient (Wildman–Crippen LogP) is 2.38. The van der Waals surface area contributed by atoms with Gasteiger partial charge in [-0.1, -0.05) is 30.3 Å². The van der Waals surface area contributed by atoms with Crippen LogP contribution in [-0.4, -0.2) is 52.8 Å². The molecule has 0 bridgehead atoms. The van der Waals surface area contributed by atoms with Crippen LogP contribution in [0.2, 0.25) is 0 Å². The lowest BCUT2D eigenvalue weighted by atomic mass is 9.97. The maximum atomic E-state index is 12.4. The van der Waals surface area contributed by atoms with Gasteiger partial charge in [-0.3, -0.25) is 4.48 Å². The molecule has 2 rings (SSSR count). The second-order valence-corrected chi connectivity index (χ2v) is 7.69. The van der Waals surface area contributed by atoms with Gasteiger partial charge in [0.05, 0.1) is 18.1 Å². The van der Waals surface area contributed by atoms with Gasteiger partial charge in [0.2, 0.25) is 0 Å². The number of quaternary nitrogens is 1. The summed E-state index contributed by atoms with van der Waals surface area (Å²) >= 11 is 0. The Bertz CT molecular complexity index is 612. The van der Waals surface area contributed by atoms with Crippen molar-refractivity contribution in [2.75, 3.05) is 19.6 Å². The van der Waals surface area contributed by atoms with Crippen molar-refractivity contribution in [1.29, 1.82) is 0 Å². The van der Waals surface area contributed by atoms with Gasteiger partial charge in [0.25, 0.3) is 6.09 Å². The number of hydrogen-bond donors (Lipinski definition) is 0. The zero-order valence-corrected chi connectivity index (χ0v) is 15.5. The van der Waals surface area contributed by atoms with E-state index < -0.39 is 17.7 Å². The van der Waals surface area contributed by atoms with Crippen molar-refractivity contribution in [3.05, 3.63) is 35.9 Å². The average molecular weight is 348 g/mol. The molecule has 1 saturated heterocycles. The lowest BCUT2D eigenvalue weighted by Crippen LogP contribution is -2.71. The van der Waals surface area contributed by atoms with Crippen molar-refractivity contribution in [3.63, 3.8) is 0 Å². The first-order chi connectivity index (χ1) is 11.7. The summed E-state index contributed by atoms with van der Waals surface area (Å²) in [5.74, 6) is 0. The van der Waals surface area contributed by atoms with Gasteiger partial charge in [-0.25, -0.2) is 4.79 Å². The van der Waals surface area contributed by atoms with Crippen LogP contribution in [0.4, 0.5) is 9.59 Å². The van der Waals surface area contributed by atoms with Crippen LogP contribution in [0.25, 0.3) is 0 Å². The number of hydrogen-bond acceptors (Lipinski definition) is 4. The molecule has 138 valence electrons. The Morgan fingerprint density at radius 2 is 1.88 bits per heavy atom. The number of carbonyl (C=O) groups excluding carboxylic acids is 2. The van der Waals surface area contributed by atoms with Crippen molar-refractivity contribution < 1.29 is 23.9 Å². The Morgan fingerprint density at radius 1 is 1.24 bits per heavy atom. The molecule has 1 unspecified atom stereocenters. The number of carboxylic acid groups (broad SMARTS) is 1. The molecule has 0 aliphatic carbocycles. The third-order valence-electron chi connectivity index (χ3n) is 5.28. The standard InChI is InChI=1S/C19H28N2O4/c1-15-10-11-20(12-13-21(15,18(23)24)19(2,3)4)17(22)25-14-16-8-6-5-7-9-16/h5-9,15H,10-14H2,1-4H3/t15-,21?/m1/s1. The highest BCUT2D eigenvalue weighted by Crippen LogP contribution is 2.32. The Kier molecular flexibility index (Phi) is 5.72. The molecular formula is C19H28N2O4. The molecule has 1 aromatic rings. The highest BCUT2D eigenvalue weighted by atomic mass is 16.6. The lowest BCUT2D eigenvalue weighted by Gasteiger charge is -2.51. The predicted molar refractivity (Wildman–Crippen MR) is 92.6 cm³/mol. The van der Waals surface area contributed by atoms with Crippen LogP contribution < -0.4 is 5.11 Å². The fraction of sp³-hybridized carbons (Fsp3) is 0.579. The molecule has 6 nitrogen and oxygen atoms in total. The van der Waals surface area contributed by atoms with Crippen molar-refractivity contribution in [2.45, 2.75) is 52.3 Å². The van der Waals surface area contributed by atoms with E-state index in [0.717, 1.165) is 5.56 Å². The zero-order valence-electron chi connectivity index (χ0n) is 15.5. The lowest BCUT2D eigenvalue weighted by molar-refractivity contribution is -0.938. The summed E-state index contributed by atoms with van der Waals surface area (Å²) in [5.41, 5.74) is 0.413. The highest BCUT2D eigenvalue weighted by molar-refractivity contribution is 5.67. The van der Waals surface area contributed by atoms with Crippen molar-refractivity contribution >= 4 is 12.2 Å². The maximum absolute atomic E-state index is 12.4. The van der Waals surface area contributed by atoms with Gasteiger partial charge in [-0.15, -0.1) is 0 Å². The quantitative estimate of drug-likeness (QED) is 0.770. The van der Waals surface area contributed by atoms with Gasteiger partial charge in [0, 0.05) is 13.0 Å². The molecule has 0 saturated carbocycles. The normalized spacial score (nSPS) is 24.5. The summed E-state index contributed by atoms with van der Waals surface area (Å²) in [7, 11) is 0. The van der Waals surface area contributed by atoms with E-state index >= 15 is 0 Å². The number of benzene rings is 1. The van der Waals surface area contributed by atoms with Crippen LogP contribution in [-0.2, 0) is 11.3 Å². The number of rotatable bonds is 2. The second kappa shape index (κ2) is 7.44. The molecule has 0 spiro atoms. The minimum Gasteiger partial charge on any atom is -0.498 e. The fourth-order valence-electron chi connectivity index (χ4n) is 3.71. The van der Waals surface area contributed by atoms with E-state index in [1.165, 1.54) is 0 Å². The summed E-state index contributed by atoms with van der Waals surface area (Å²) in [6, 6.07) is 9.35. The molecule has 6 heteroatoms. The van der Waals surface area contributed by atoms with Gasteiger partial charge in [-0.2, -0.15) is 0 Å². The summed E-state index contributed by atoms with van der Waals surface area (Å²) in [6.07, 6.45) is -0.895. The first-order valence-corrected chi connectivity index (χ1v) is 8.73. The van der Waals surface area contributed by atoms with E-state index in [9.17, 15) is 14.7 Å². The minimum atomic E-state index is -1.08. The van der Waals surface area contributed by atoms with E-state index in [4.69, 9.17) is 4.74 Å². The van der Waals surface area contributed by atoms with Gasteiger partial charge >= 0.3 is 6.09 Å². The molecule has 25 heavy (non-hydrogen) atoms. The molecule has 1 aromatic carbocycles. The Hall–Kier alpha value is -2.08. The molecule has 0 N–H and O–H groups in total. The molecule has 2 atom stereocenters. The number of amides is 2. The number of carbonyl (C=O) groups is 2. The first-order valence-electron chi connectivity index (χ1n) is 8.73. The molecule has 2 amide bonds. The molecule has 0 aromatic heterocycles. The minimum absolute atomic E-state index is 0.142. The van der Waals surface area contributed by atoms with E-state index in [1.807, 2.05) is 58.0 Å². The van der Waals surface area contributed by atoms with Gasteiger partial charge in [-0.05, 0) is 33.3 Å². The fourth-order valence-corrected chi connectivity index (χ4v) is 3.71. The molecule has 1 heterocycles. The summed E-state index contributed by atoms with van der Waals surface area (Å²) in [5, 5.41) is 12.0. The van der Waals surface area contributed by atoms with Crippen LogP contribution in [0.3, 0.4) is 0 Å². The Labute approximate surface area is 149 Å². The average Bonchev–Trinajstić information content (AvgIpc) is 2.73. The molecule has 0 radical (unpaired) electrons. The summed E-state index contributed by atoms with van der Waals surface area (Å²) in [4.78, 5) is 26.0.